The standard InChI is InChI=1S/C12H17FN2O/c13-10-7-9(14)3-4-11(10)15-8-12(16)5-1-2-6-12/h3-4,7,15-16H,1-2,5-6,8,14H2. The lowest BCUT2D eigenvalue weighted by molar-refractivity contribution is 0.0614. The Morgan fingerprint density at radius 3 is 2.69 bits per heavy atom. The van der Waals surface area contributed by atoms with E-state index < -0.39 is 5.60 Å². The van der Waals surface area contributed by atoms with Crippen molar-refractivity contribution in [2.24, 2.45) is 0 Å². The minimum Gasteiger partial charge on any atom is -0.399 e. The van der Waals surface area contributed by atoms with E-state index in [1.807, 2.05) is 0 Å². The van der Waals surface area contributed by atoms with Crippen LogP contribution < -0.4 is 11.1 Å². The molecule has 4 heteroatoms. The summed E-state index contributed by atoms with van der Waals surface area (Å²) in [4.78, 5) is 0. The minimum absolute atomic E-state index is 0.374. The van der Waals surface area contributed by atoms with Gasteiger partial charge in [0.1, 0.15) is 5.82 Å². The molecule has 1 fully saturated rings. The first-order valence-electron chi connectivity index (χ1n) is 5.60. The molecule has 2 rings (SSSR count). The normalized spacial score (nSPS) is 18.6. The number of halogens is 1. The van der Waals surface area contributed by atoms with E-state index in [0.717, 1.165) is 25.7 Å². The zero-order valence-corrected chi connectivity index (χ0v) is 9.17. The predicted molar refractivity (Wildman–Crippen MR) is 62.7 cm³/mol. The summed E-state index contributed by atoms with van der Waals surface area (Å²) in [7, 11) is 0. The summed E-state index contributed by atoms with van der Waals surface area (Å²) in [6.45, 7) is 0.397. The molecular weight excluding hydrogens is 207 g/mol. The fourth-order valence-corrected chi connectivity index (χ4v) is 2.14. The first-order valence-corrected chi connectivity index (χ1v) is 5.60. The third-order valence-electron chi connectivity index (χ3n) is 3.14. The molecule has 1 aromatic carbocycles. The lowest BCUT2D eigenvalue weighted by Gasteiger charge is -2.23. The highest BCUT2D eigenvalue weighted by atomic mass is 19.1. The summed E-state index contributed by atoms with van der Waals surface area (Å²) in [5.41, 5.74) is 5.58. The van der Waals surface area contributed by atoms with Crippen molar-refractivity contribution in [3.63, 3.8) is 0 Å². The Bertz CT molecular complexity index is 375. The van der Waals surface area contributed by atoms with E-state index in [1.165, 1.54) is 6.07 Å². The first kappa shape index (κ1) is 11.2. The molecule has 0 amide bonds. The molecule has 16 heavy (non-hydrogen) atoms. The van der Waals surface area contributed by atoms with Crippen LogP contribution in [0.2, 0.25) is 0 Å². The van der Waals surface area contributed by atoms with Crippen LogP contribution in [0.25, 0.3) is 0 Å². The minimum atomic E-state index is -0.673. The van der Waals surface area contributed by atoms with Gasteiger partial charge >= 0.3 is 0 Å². The second-order valence-electron chi connectivity index (χ2n) is 4.52. The van der Waals surface area contributed by atoms with Gasteiger partial charge in [0.05, 0.1) is 11.3 Å². The first-order chi connectivity index (χ1) is 7.59. The number of rotatable bonds is 3. The summed E-state index contributed by atoms with van der Waals surface area (Å²) >= 11 is 0. The summed E-state index contributed by atoms with van der Waals surface area (Å²) in [5.74, 6) is -0.374. The van der Waals surface area contributed by atoms with Crippen LogP contribution in [0.15, 0.2) is 18.2 Å². The van der Waals surface area contributed by atoms with E-state index in [1.54, 1.807) is 12.1 Å². The Kier molecular flexibility index (Phi) is 3.01. The van der Waals surface area contributed by atoms with E-state index in [9.17, 15) is 9.50 Å². The van der Waals surface area contributed by atoms with Crippen molar-refractivity contribution in [1.82, 2.24) is 0 Å². The molecule has 1 aromatic rings. The Labute approximate surface area is 94.5 Å². The number of benzene rings is 1. The van der Waals surface area contributed by atoms with Gasteiger partial charge in [0.15, 0.2) is 0 Å². The second kappa shape index (κ2) is 4.29. The number of nitrogens with one attached hydrogen (secondary N) is 1. The average molecular weight is 224 g/mol. The quantitative estimate of drug-likeness (QED) is 0.689. The van der Waals surface area contributed by atoms with Crippen LogP contribution in [0.4, 0.5) is 15.8 Å². The summed E-state index contributed by atoms with van der Waals surface area (Å²) in [5, 5.41) is 13.0. The van der Waals surface area contributed by atoms with Gasteiger partial charge in [0.2, 0.25) is 0 Å². The number of hydrogen-bond acceptors (Lipinski definition) is 3. The second-order valence-corrected chi connectivity index (χ2v) is 4.52. The molecule has 88 valence electrons. The number of anilines is 2. The summed E-state index contributed by atoms with van der Waals surface area (Å²) in [6.07, 6.45) is 3.66. The zero-order chi connectivity index (χ0) is 11.6. The molecule has 1 saturated carbocycles. The van der Waals surface area contributed by atoms with Gasteiger partial charge in [-0.1, -0.05) is 12.8 Å². The van der Waals surface area contributed by atoms with Gasteiger partial charge in [-0.2, -0.15) is 0 Å². The molecule has 0 spiro atoms. The van der Waals surface area contributed by atoms with Gasteiger partial charge in [-0.05, 0) is 31.0 Å². The van der Waals surface area contributed by atoms with Crippen molar-refractivity contribution in [1.29, 1.82) is 0 Å². The smallest absolute Gasteiger partial charge is 0.148 e. The Hall–Kier alpha value is -1.29. The zero-order valence-electron chi connectivity index (χ0n) is 9.17. The van der Waals surface area contributed by atoms with Gasteiger partial charge in [0, 0.05) is 12.2 Å². The lowest BCUT2D eigenvalue weighted by Crippen LogP contribution is -2.33. The van der Waals surface area contributed by atoms with Crippen LogP contribution in [-0.2, 0) is 0 Å². The number of hydrogen-bond donors (Lipinski definition) is 3. The SMILES string of the molecule is Nc1ccc(NCC2(O)CCCC2)c(F)c1. The number of aliphatic hydroxyl groups is 1. The van der Waals surface area contributed by atoms with E-state index >= 15 is 0 Å². The summed E-state index contributed by atoms with van der Waals surface area (Å²) < 4.78 is 13.4. The highest BCUT2D eigenvalue weighted by molar-refractivity contribution is 5.52. The molecule has 0 atom stereocenters. The molecule has 3 nitrogen and oxygen atoms in total. The molecular formula is C12H17FN2O. The average Bonchev–Trinajstić information content (AvgIpc) is 2.64. The Balaban J connectivity index is 1.99. The Morgan fingerprint density at radius 2 is 2.06 bits per heavy atom. The fourth-order valence-electron chi connectivity index (χ4n) is 2.14. The van der Waals surface area contributed by atoms with Crippen molar-refractivity contribution >= 4 is 11.4 Å². The molecule has 4 N–H and O–H groups in total. The molecule has 0 saturated heterocycles. The third-order valence-corrected chi connectivity index (χ3v) is 3.14. The van der Waals surface area contributed by atoms with Gasteiger partial charge in [-0.3, -0.25) is 0 Å². The lowest BCUT2D eigenvalue weighted by atomic mass is 10.0. The fraction of sp³-hybridized carbons (Fsp3) is 0.500. The molecule has 0 unspecified atom stereocenters. The monoisotopic (exact) mass is 224 g/mol. The van der Waals surface area contributed by atoms with Crippen molar-refractivity contribution in [3.8, 4) is 0 Å². The topological polar surface area (TPSA) is 58.3 Å². The van der Waals surface area contributed by atoms with Crippen LogP contribution in [0, 0.1) is 5.82 Å². The maximum atomic E-state index is 13.4. The predicted octanol–water partition coefficient (Wildman–Crippen LogP) is 2.12. The van der Waals surface area contributed by atoms with Gasteiger partial charge in [-0.25, -0.2) is 4.39 Å². The van der Waals surface area contributed by atoms with Gasteiger partial charge in [0.25, 0.3) is 0 Å². The van der Waals surface area contributed by atoms with E-state index in [4.69, 9.17) is 5.73 Å². The van der Waals surface area contributed by atoms with Crippen LogP contribution >= 0.6 is 0 Å². The van der Waals surface area contributed by atoms with E-state index in [-0.39, 0.29) is 5.82 Å². The molecule has 0 bridgehead atoms. The molecule has 1 aliphatic rings. The van der Waals surface area contributed by atoms with E-state index in [2.05, 4.69) is 5.32 Å². The van der Waals surface area contributed by atoms with Crippen LogP contribution in [0.3, 0.4) is 0 Å². The highest BCUT2D eigenvalue weighted by Gasteiger charge is 2.30. The van der Waals surface area contributed by atoms with E-state index in [0.29, 0.717) is 17.9 Å². The molecule has 1 aliphatic carbocycles. The number of nitrogens with two attached hydrogens (primary N) is 1. The highest BCUT2D eigenvalue weighted by Crippen LogP contribution is 2.30. The van der Waals surface area contributed by atoms with Crippen molar-refractivity contribution in [3.05, 3.63) is 24.0 Å². The molecule has 0 aromatic heterocycles. The van der Waals surface area contributed by atoms with Crippen LogP contribution in [-0.4, -0.2) is 17.3 Å². The van der Waals surface area contributed by atoms with Gasteiger partial charge < -0.3 is 16.2 Å². The molecule has 0 radical (unpaired) electrons. The maximum absolute atomic E-state index is 13.4. The Morgan fingerprint density at radius 1 is 1.38 bits per heavy atom. The van der Waals surface area contributed by atoms with Crippen molar-refractivity contribution in [2.45, 2.75) is 31.3 Å². The van der Waals surface area contributed by atoms with Crippen LogP contribution in [0.1, 0.15) is 25.7 Å². The van der Waals surface area contributed by atoms with Crippen molar-refractivity contribution < 1.29 is 9.50 Å². The van der Waals surface area contributed by atoms with Gasteiger partial charge in [-0.15, -0.1) is 0 Å². The molecule has 0 heterocycles. The molecule has 0 aliphatic heterocycles. The number of nitrogen functional groups attached to an aromatic ring is 1. The maximum Gasteiger partial charge on any atom is 0.148 e. The van der Waals surface area contributed by atoms with Crippen LogP contribution in [0.5, 0.6) is 0 Å². The van der Waals surface area contributed by atoms with Crippen molar-refractivity contribution in [2.75, 3.05) is 17.6 Å². The largest absolute Gasteiger partial charge is 0.399 e. The summed E-state index contributed by atoms with van der Waals surface area (Å²) in [6, 6.07) is 4.52. The third kappa shape index (κ3) is 2.44.